The van der Waals surface area contributed by atoms with Gasteiger partial charge in [-0.2, -0.15) is 0 Å². The number of nitrogens with zero attached hydrogens (tertiary/aromatic N) is 2. The molecule has 5 nitrogen and oxygen atoms in total. The van der Waals surface area contributed by atoms with Crippen molar-refractivity contribution >= 4 is 17.3 Å². The van der Waals surface area contributed by atoms with Crippen LogP contribution in [-0.2, 0) is 4.79 Å². The number of hydrogen-bond donors (Lipinski definition) is 2. The van der Waals surface area contributed by atoms with E-state index in [-0.39, 0.29) is 18.1 Å². The lowest BCUT2D eigenvalue weighted by Crippen LogP contribution is -2.37. The van der Waals surface area contributed by atoms with E-state index in [1.54, 1.807) is 0 Å². The van der Waals surface area contributed by atoms with E-state index in [1.807, 2.05) is 12.1 Å². The molecule has 124 valence electrons. The summed E-state index contributed by atoms with van der Waals surface area (Å²) in [5, 5.41) is 13.2. The highest BCUT2D eigenvalue weighted by atomic mass is 16.3. The maximum atomic E-state index is 12.5. The summed E-state index contributed by atoms with van der Waals surface area (Å²) in [5.41, 5.74) is 2.19. The van der Waals surface area contributed by atoms with Crippen LogP contribution in [-0.4, -0.2) is 53.7 Å². The first-order valence-electron chi connectivity index (χ1n) is 8.81. The van der Waals surface area contributed by atoms with Gasteiger partial charge in [0.25, 0.3) is 0 Å². The van der Waals surface area contributed by atoms with E-state index >= 15 is 0 Å². The number of rotatable bonds is 4. The largest absolute Gasteiger partial charge is 0.393 e. The predicted octanol–water partition coefficient (Wildman–Crippen LogP) is 1.82. The van der Waals surface area contributed by atoms with Crippen LogP contribution < -0.4 is 10.2 Å². The number of aliphatic hydroxyl groups excluding tert-OH is 1. The third kappa shape index (κ3) is 3.02. The molecule has 2 N–H and O–H groups in total. The zero-order valence-corrected chi connectivity index (χ0v) is 13.4. The monoisotopic (exact) mass is 315 g/mol. The summed E-state index contributed by atoms with van der Waals surface area (Å²) in [7, 11) is 0. The average Bonchev–Trinajstić information content (AvgIpc) is 3.34. The van der Waals surface area contributed by atoms with Crippen LogP contribution >= 0.6 is 0 Å². The molecule has 3 fully saturated rings. The number of aliphatic hydroxyl groups is 1. The highest BCUT2D eigenvalue weighted by Gasteiger charge is 2.40. The highest BCUT2D eigenvalue weighted by molar-refractivity contribution is 5.88. The smallest absolute Gasteiger partial charge is 0.245 e. The van der Waals surface area contributed by atoms with Crippen LogP contribution in [0, 0.1) is 0 Å². The first-order valence-corrected chi connectivity index (χ1v) is 8.81. The fourth-order valence-electron chi connectivity index (χ4n) is 3.75. The molecule has 0 bridgehead atoms. The van der Waals surface area contributed by atoms with E-state index in [4.69, 9.17) is 0 Å². The maximum absolute atomic E-state index is 12.5. The summed E-state index contributed by atoms with van der Waals surface area (Å²) in [5.74, 6) is 0.261. The van der Waals surface area contributed by atoms with Crippen molar-refractivity contribution in [1.29, 1.82) is 0 Å². The number of piperidine rings is 1. The molecule has 1 amide bonds. The van der Waals surface area contributed by atoms with Crippen LogP contribution in [0.25, 0.3) is 0 Å². The molecule has 23 heavy (non-hydrogen) atoms. The van der Waals surface area contributed by atoms with Gasteiger partial charge in [0.1, 0.15) is 6.04 Å². The molecule has 1 saturated carbocycles. The molecule has 1 aromatic rings. The third-order valence-corrected chi connectivity index (χ3v) is 5.27. The average molecular weight is 315 g/mol. The first kappa shape index (κ1) is 14.8. The van der Waals surface area contributed by atoms with Crippen molar-refractivity contribution < 1.29 is 9.90 Å². The van der Waals surface area contributed by atoms with E-state index in [9.17, 15) is 9.90 Å². The molecule has 2 heterocycles. The number of likely N-dealkylation sites (tertiary alicyclic amines) is 1. The van der Waals surface area contributed by atoms with Gasteiger partial charge < -0.3 is 20.2 Å². The molecule has 2 saturated heterocycles. The molecule has 1 unspecified atom stereocenters. The zero-order chi connectivity index (χ0) is 15.8. The van der Waals surface area contributed by atoms with Crippen molar-refractivity contribution in [1.82, 2.24) is 4.90 Å². The van der Waals surface area contributed by atoms with Crippen molar-refractivity contribution in [3.05, 3.63) is 24.3 Å². The van der Waals surface area contributed by atoms with Crippen LogP contribution in [0.5, 0.6) is 0 Å². The lowest BCUT2D eigenvalue weighted by molar-refractivity contribution is -0.128. The molecule has 1 atom stereocenters. The normalized spacial score (nSPS) is 26.0. The van der Waals surface area contributed by atoms with Gasteiger partial charge in [-0.25, -0.2) is 0 Å². The van der Waals surface area contributed by atoms with Crippen LogP contribution in [0.4, 0.5) is 11.4 Å². The molecule has 0 aromatic heterocycles. The first-order chi connectivity index (χ1) is 11.2. The van der Waals surface area contributed by atoms with Crippen molar-refractivity contribution in [2.24, 2.45) is 0 Å². The van der Waals surface area contributed by atoms with Crippen LogP contribution in [0.1, 0.15) is 32.1 Å². The second-order valence-electron chi connectivity index (χ2n) is 6.98. The third-order valence-electron chi connectivity index (χ3n) is 5.27. The number of carbonyl (C=O) groups is 1. The molecule has 3 aliphatic rings. The minimum absolute atomic E-state index is 0.0906. The Kier molecular flexibility index (Phi) is 3.89. The van der Waals surface area contributed by atoms with Crippen LogP contribution in [0.3, 0.4) is 0 Å². The Morgan fingerprint density at radius 1 is 1.00 bits per heavy atom. The molecular weight excluding hydrogens is 290 g/mol. The Morgan fingerprint density at radius 2 is 1.74 bits per heavy atom. The molecule has 5 heteroatoms. The van der Waals surface area contributed by atoms with Gasteiger partial charge in [-0.05, 0) is 44.2 Å². The summed E-state index contributed by atoms with van der Waals surface area (Å²) < 4.78 is 0. The van der Waals surface area contributed by atoms with Gasteiger partial charge in [0.2, 0.25) is 5.91 Å². The zero-order valence-electron chi connectivity index (χ0n) is 13.4. The molecule has 0 spiro atoms. The van der Waals surface area contributed by atoms with Gasteiger partial charge in [0.05, 0.1) is 17.5 Å². The second-order valence-corrected chi connectivity index (χ2v) is 6.98. The summed E-state index contributed by atoms with van der Waals surface area (Å²) in [6.07, 6.45) is 4.69. The second kappa shape index (κ2) is 6.04. The van der Waals surface area contributed by atoms with Crippen molar-refractivity contribution in [3.8, 4) is 0 Å². The van der Waals surface area contributed by atoms with Gasteiger partial charge in [-0.15, -0.1) is 0 Å². The molecule has 2 aliphatic heterocycles. The molecule has 0 radical (unpaired) electrons. The molecular formula is C18H25N3O2. The molecule has 1 aromatic carbocycles. The summed E-state index contributed by atoms with van der Waals surface area (Å²) in [4.78, 5) is 16.9. The summed E-state index contributed by atoms with van der Waals surface area (Å²) >= 11 is 0. The van der Waals surface area contributed by atoms with Crippen molar-refractivity contribution in [3.63, 3.8) is 0 Å². The predicted molar refractivity (Wildman–Crippen MR) is 90.7 cm³/mol. The standard InChI is InChI=1S/C18H25N3O2/c22-14-7-10-20(11-8-14)17-4-2-1-3-15(17)19-16-9-12-21(18(16)23)13-5-6-13/h1-4,13-14,16,19,22H,5-12H2. The Labute approximate surface area is 137 Å². The van der Waals surface area contributed by atoms with Crippen molar-refractivity contribution in [2.75, 3.05) is 29.9 Å². The minimum Gasteiger partial charge on any atom is -0.393 e. The van der Waals surface area contributed by atoms with Crippen LogP contribution in [0.15, 0.2) is 24.3 Å². The lowest BCUT2D eigenvalue weighted by Gasteiger charge is -2.33. The SMILES string of the molecule is O=C1C(Nc2ccccc2N2CCC(O)CC2)CCN1C1CC1. The van der Waals surface area contributed by atoms with Gasteiger partial charge in [0, 0.05) is 25.7 Å². The Hall–Kier alpha value is -1.75. The molecule has 1 aliphatic carbocycles. The maximum Gasteiger partial charge on any atom is 0.245 e. The lowest BCUT2D eigenvalue weighted by atomic mass is 10.1. The fraction of sp³-hybridized carbons (Fsp3) is 0.611. The number of amides is 1. The van der Waals surface area contributed by atoms with Gasteiger partial charge >= 0.3 is 0 Å². The van der Waals surface area contributed by atoms with Gasteiger partial charge in [-0.3, -0.25) is 4.79 Å². The highest BCUT2D eigenvalue weighted by Crippen LogP contribution is 2.33. The number of para-hydroxylation sites is 2. The summed E-state index contributed by atoms with van der Waals surface area (Å²) in [6, 6.07) is 8.65. The van der Waals surface area contributed by atoms with Gasteiger partial charge in [-0.1, -0.05) is 12.1 Å². The summed E-state index contributed by atoms with van der Waals surface area (Å²) in [6.45, 7) is 2.62. The number of hydrogen-bond acceptors (Lipinski definition) is 4. The Bertz CT molecular complexity index is 579. The number of benzene rings is 1. The molecule has 4 rings (SSSR count). The number of nitrogens with one attached hydrogen (secondary N) is 1. The Morgan fingerprint density at radius 3 is 2.48 bits per heavy atom. The fourth-order valence-corrected chi connectivity index (χ4v) is 3.75. The number of anilines is 2. The minimum atomic E-state index is -0.171. The van der Waals surface area contributed by atoms with Crippen molar-refractivity contribution in [2.45, 2.75) is 50.3 Å². The van der Waals surface area contributed by atoms with E-state index in [0.29, 0.717) is 6.04 Å². The van der Waals surface area contributed by atoms with E-state index < -0.39 is 0 Å². The van der Waals surface area contributed by atoms with Gasteiger partial charge in [0.15, 0.2) is 0 Å². The van der Waals surface area contributed by atoms with E-state index in [0.717, 1.165) is 50.3 Å². The topological polar surface area (TPSA) is 55.8 Å². The quantitative estimate of drug-likeness (QED) is 0.890. The Balaban J connectivity index is 1.47. The number of carbonyl (C=O) groups excluding carboxylic acids is 1. The van der Waals surface area contributed by atoms with E-state index in [1.165, 1.54) is 12.8 Å². The van der Waals surface area contributed by atoms with E-state index in [2.05, 4.69) is 27.2 Å². The van der Waals surface area contributed by atoms with Crippen LogP contribution in [0.2, 0.25) is 0 Å².